The number of pyridine rings is 1. The lowest BCUT2D eigenvalue weighted by Gasteiger charge is -2.05. The molecule has 7 nitrogen and oxygen atoms in total. The number of nitrogens with one attached hydrogen (secondary N) is 3. The van der Waals surface area contributed by atoms with Gasteiger partial charge in [0.15, 0.2) is 0 Å². The minimum absolute atomic E-state index is 0.144. The molecular formula is C22H23N6OS+. The minimum atomic E-state index is -0.144. The smallest absolute Gasteiger partial charge is 0.263 e. The number of anilines is 1. The standard InChI is InChI=1S/C22H22N6OS/c1-13-2-7-17-19(23)20(30-22(17)27-13)21(29)25-9-8-14-3-5-16(6-4-14)28-18-12-24-10-15(18)11-26-28/h2-7,11,24H,8-10,12H2,1H3,(H3,23,25,29)/p+1. The first kappa shape index (κ1) is 18.8. The predicted octanol–water partition coefficient (Wildman–Crippen LogP) is 2.37. The highest BCUT2D eigenvalue weighted by Gasteiger charge is 2.25. The first-order valence-electron chi connectivity index (χ1n) is 9.95. The monoisotopic (exact) mass is 419 g/mol. The van der Waals surface area contributed by atoms with E-state index in [1.807, 2.05) is 19.1 Å². The number of thiophene rings is 1. The van der Waals surface area contributed by atoms with Crippen LogP contribution < -0.4 is 21.0 Å². The van der Waals surface area contributed by atoms with Crippen molar-refractivity contribution < 1.29 is 9.48 Å². The lowest BCUT2D eigenvalue weighted by molar-refractivity contribution is -0.662. The molecule has 8 heteroatoms. The average molecular weight is 420 g/mol. The lowest BCUT2D eigenvalue weighted by Crippen LogP contribution is -2.37. The van der Waals surface area contributed by atoms with E-state index in [9.17, 15) is 4.79 Å². The number of amides is 1. The fraction of sp³-hybridized carbons (Fsp3) is 0.227. The molecule has 5 rings (SSSR count). The number of hydrogen-bond acceptors (Lipinski definition) is 5. The van der Waals surface area contributed by atoms with E-state index in [0.29, 0.717) is 17.1 Å². The second kappa shape index (κ2) is 7.55. The summed E-state index contributed by atoms with van der Waals surface area (Å²) in [5.41, 5.74) is 12.5. The maximum absolute atomic E-state index is 12.6. The average Bonchev–Trinajstić information content (AvgIpc) is 3.43. The van der Waals surface area contributed by atoms with Gasteiger partial charge >= 0.3 is 0 Å². The molecule has 0 saturated heterocycles. The van der Waals surface area contributed by atoms with Crippen molar-refractivity contribution in [1.82, 2.24) is 20.7 Å². The highest BCUT2D eigenvalue weighted by Crippen LogP contribution is 2.32. The van der Waals surface area contributed by atoms with Gasteiger partial charge in [-0.25, -0.2) is 4.98 Å². The molecule has 1 amide bonds. The number of aromatic amines is 1. The number of fused-ring (bicyclic) bond motifs is 2. The van der Waals surface area contributed by atoms with Gasteiger partial charge in [-0.3, -0.25) is 4.79 Å². The fourth-order valence-corrected chi connectivity index (χ4v) is 4.87. The van der Waals surface area contributed by atoms with E-state index in [0.717, 1.165) is 41.1 Å². The van der Waals surface area contributed by atoms with Crippen LogP contribution in [0.25, 0.3) is 15.9 Å². The number of nitrogens with zero attached hydrogens (tertiary/aromatic N) is 2. The van der Waals surface area contributed by atoms with Crippen LogP contribution in [-0.2, 0) is 19.5 Å². The van der Waals surface area contributed by atoms with E-state index in [2.05, 4.69) is 55.9 Å². The Bertz CT molecular complexity index is 1240. The zero-order valence-electron chi connectivity index (χ0n) is 16.7. The van der Waals surface area contributed by atoms with Crippen molar-refractivity contribution in [2.24, 2.45) is 0 Å². The molecule has 0 aliphatic carbocycles. The Kier molecular flexibility index (Phi) is 4.72. The number of carbonyl (C=O) groups excluding carboxylic acids is 1. The Labute approximate surface area is 177 Å². The van der Waals surface area contributed by atoms with Gasteiger partial charge < -0.3 is 16.4 Å². The molecule has 4 heterocycles. The first-order valence-corrected chi connectivity index (χ1v) is 10.8. The van der Waals surface area contributed by atoms with E-state index < -0.39 is 0 Å². The largest absolute Gasteiger partial charge is 0.397 e. The summed E-state index contributed by atoms with van der Waals surface area (Å²) >= 11 is 1.34. The number of aromatic nitrogens is 3. The number of H-pyrrole nitrogens is 1. The summed E-state index contributed by atoms with van der Waals surface area (Å²) in [6.07, 6.45) is 2.80. The van der Waals surface area contributed by atoms with Crippen molar-refractivity contribution in [3.8, 4) is 5.69 Å². The summed E-state index contributed by atoms with van der Waals surface area (Å²) in [6, 6.07) is 12.2. The van der Waals surface area contributed by atoms with Crippen LogP contribution in [0.5, 0.6) is 0 Å². The number of hydrogen-bond donors (Lipinski definition) is 4. The van der Waals surface area contributed by atoms with Crippen molar-refractivity contribution in [1.29, 1.82) is 0 Å². The molecule has 1 aromatic carbocycles. The second-order valence-electron chi connectivity index (χ2n) is 7.51. The highest BCUT2D eigenvalue weighted by atomic mass is 32.1. The zero-order valence-corrected chi connectivity index (χ0v) is 17.5. The Hall–Kier alpha value is -3.23. The van der Waals surface area contributed by atoms with Gasteiger partial charge in [-0.1, -0.05) is 16.8 Å². The first-order chi connectivity index (χ1) is 14.6. The lowest BCUT2D eigenvalue weighted by atomic mass is 10.1. The SMILES string of the molecule is Cc1ccc2c(N)c(C(=O)NCCc3ccc(-[n+]4[nH]cc5c4CNC5)cc3)sc2n1. The van der Waals surface area contributed by atoms with E-state index in [1.54, 1.807) is 0 Å². The van der Waals surface area contributed by atoms with Gasteiger partial charge in [-0.05, 0) is 31.0 Å². The molecule has 4 aromatic rings. The number of carbonyl (C=O) groups is 1. The summed E-state index contributed by atoms with van der Waals surface area (Å²) in [4.78, 5) is 18.4. The summed E-state index contributed by atoms with van der Waals surface area (Å²) in [5, 5.41) is 10.5. The molecule has 0 spiro atoms. The van der Waals surface area contributed by atoms with Crippen molar-refractivity contribution >= 4 is 33.1 Å². The predicted molar refractivity (Wildman–Crippen MR) is 118 cm³/mol. The Morgan fingerprint density at radius 3 is 2.90 bits per heavy atom. The molecule has 3 aromatic heterocycles. The fourth-order valence-electron chi connectivity index (χ4n) is 3.81. The third-order valence-electron chi connectivity index (χ3n) is 5.45. The third-order valence-corrected chi connectivity index (χ3v) is 6.56. The molecule has 1 aliphatic heterocycles. The summed E-state index contributed by atoms with van der Waals surface area (Å²) in [5.74, 6) is -0.144. The number of nitrogens with two attached hydrogens (primary N) is 1. The van der Waals surface area contributed by atoms with Gasteiger partial charge in [0.25, 0.3) is 5.91 Å². The molecule has 0 radical (unpaired) electrons. The van der Waals surface area contributed by atoms with E-state index in [-0.39, 0.29) is 5.91 Å². The van der Waals surface area contributed by atoms with Crippen LogP contribution in [0.1, 0.15) is 32.2 Å². The van der Waals surface area contributed by atoms with Gasteiger partial charge in [-0.15, -0.1) is 11.3 Å². The van der Waals surface area contributed by atoms with E-state index in [1.165, 1.54) is 28.2 Å². The van der Waals surface area contributed by atoms with Crippen LogP contribution >= 0.6 is 11.3 Å². The maximum atomic E-state index is 12.6. The number of aryl methyl sites for hydroxylation is 1. The van der Waals surface area contributed by atoms with Gasteiger partial charge in [0.05, 0.1) is 24.0 Å². The van der Waals surface area contributed by atoms with Crippen LogP contribution in [0.4, 0.5) is 5.69 Å². The molecule has 1 aliphatic rings. The number of nitrogen functional groups attached to an aromatic ring is 1. The number of benzene rings is 1. The van der Waals surface area contributed by atoms with Crippen LogP contribution in [-0.4, -0.2) is 22.5 Å². The Morgan fingerprint density at radius 2 is 2.07 bits per heavy atom. The third kappa shape index (κ3) is 3.34. The van der Waals surface area contributed by atoms with Crippen molar-refractivity contribution in [2.75, 3.05) is 12.3 Å². The molecular weight excluding hydrogens is 396 g/mol. The van der Waals surface area contributed by atoms with Crippen molar-refractivity contribution in [3.63, 3.8) is 0 Å². The van der Waals surface area contributed by atoms with Gasteiger partial charge in [0, 0.05) is 36.3 Å². The summed E-state index contributed by atoms with van der Waals surface area (Å²) < 4.78 is 2.11. The van der Waals surface area contributed by atoms with Gasteiger partial charge in [-0.2, -0.15) is 5.10 Å². The topological polar surface area (TPSA) is 99.7 Å². The van der Waals surface area contributed by atoms with E-state index >= 15 is 0 Å². The van der Waals surface area contributed by atoms with Gasteiger partial charge in [0.1, 0.15) is 9.71 Å². The maximum Gasteiger partial charge on any atom is 0.263 e. The van der Waals surface area contributed by atoms with Crippen molar-refractivity contribution in [3.05, 3.63) is 70.0 Å². The molecule has 0 bridgehead atoms. The molecule has 0 saturated carbocycles. The molecule has 0 unspecified atom stereocenters. The normalized spacial score (nSPS) is 13.0. The van der Waals surface area contributed by atoms with E-state index in [4.69, 9.17) is 5.73 Å². The molecule has 0 fully saturated rings. The zero-order chi connectivity index (χ0) is 20.7. The van der Waals surface area contributed by atoms with Gasteiger partial charge in [0.2, 0.25) is 11.4 Å². The van der Waals surface area contributed by atoms with Crippen LogP contribution in [0.3, 0.4) is 0 Å². The second-order valence-corrected chi connectivity index (χ2v) is 8.51. The Morgan fingerprint density at radius 1 is 1.23 bits per heavy atom. The Balaban J connectivity index is 1.22. The molecule has 0 atom stereocenters. The summed E-state index contributed by atoms with van der Waals surface area (Å²) in [6.45, 7) is 4.27. The van der Waals surface area contributed by atoms with Crippen LogP contribution in [0.15, 0.2) is 42.6 Å². The van der Waals surface area contributed by atoms with Crippen molar-refractivity contribution in [2.45, 2.75) is 26.4 Å². The minimum Gasteiger partial charge on any atom is -0.397 e. The molecule has 30 heavy (non-hydrogen) atoms. The summed E-state index contributed by atoms with van der Waals surface area (Å²) in [7, 11) is 0. The highest BCUT2D eigenvalue weighted by molar-refractivity contribution is 7.21. The quantitative estimate of drug-likeness (QED) is 0.373. The number of rotatable bonds is 5. The molecule has 5 N–H and O–H groups in total. The van der Waals surface area contributed by atoms with Crippen LogP contribution in [0, 0.1) is 6.92 Å². The molecule has 152 valence electrons. The van der Waals surface area contributed by atoms with Crippen LogP contribution in [0.2, 0.25) is 0 Å².